The van der Waals surface area contributed by atoms with Gasteiger partial charge in [-0.25, -0.2) is 4.39 Å². The highest BCUT2D eigenvalue weighted by atomic mass is 35.5. The molecule has 0 unspecified atom stereocenters. The number of rotatable bonds is 4. The summed E-state index contributed by atoms with van der Waals surface area (Å²) in [6.45, 7) is 0.530. The molecule has 11 heteroatoms. The van der Waals surface area contributed by atoms with Gasteiger partial charge in [0.15, 0.2) is 0 Å². The predicted molar refractivity (Wildman–Crippen MR) is 130 cm³/mol. The largest absolute Gasteiger partial charge is 0.419 e. The minimum atomic E-state index is -4.88. The zero-order valence-electron chi connectivity index (χ0n) is 18.4. The lowest BCUT2D eigenvalue weighted by Gasteiger charge is -2.31. The van der Waals surface area contributed by atoms with Crippen LogP contribution in [0, 0.1) is 5.82 Å². The number of alkyl halides is 3. The topological polar surface area (TPSA) is 49.4 Å². The minimum Gasteiger partial charge on any atom is -0.334 e. The molecular formula is C25H17Cl3F4N2O2. The molecular weight excluding hydrogens is 543 g/mol. The molecule has 3 aromatic carbocycles. The molecule has 3 aromatic rings. The van der Waals surface area contributed by atoms with E-state index < -0.39 is 29.9 Å². The highest BCUT2D eigenvalue weighted by molar-refractivity contribution is 6.35. The number of halogens is 7. The number of carbonyl (C=O) groups excluding carboxylic acids is 2. The van der Waals surface area contributed by atoms with Gasteiger partial charge >= 0.3 is 6.18 Å². The van der Waals surface area contributed by atoms with Crippen LogP contribution in [0.5, 0.6) is 0 Å². The van der Waals surface area contributed by atoms with Crippen molar-refractivity contribution < 1.29 is 27.2 Å². The first-order valence-electron chi connectivity index (χ1n) is 10.6. The monoisotopic (exact) mass is 558 g/mol. The summed E-state index contributed by atoms with van der Waals surface area (Å²) >= 11 is 18.3. The smallest absolute Gasteiger partial charge is 0.334 e. The number of carbonyl (C=O) groups is 2. The van der Waals surface area contributed by atoms with E-state index in [4.69, 9.17) is 34.8 Å². The molecule has 2 amide bonds. The van der Waals surface area contributed by atoms with Gasteiger partial charge in [-0.1, -0.05) is 53.0 Å². The second kappa shape index (κ2) is 10.3. The van der Waals surface area contributed by atoms with Gasteiger partial charge in [0.05, 0.1) is 22.7 Å². The molecule has 1 N–H and O–H groups in total. The minimum absolute atomic E-state index is 0.216. The molecule has 0 bridgehead atoms. The van der Waals surface area contributed by atoms with E-state index in [1.54, 1.807) is 17.0 Å². The Morgan fingerprint density at radius 2 is 1.69 bits per heavy atom. The van der Waals surface area contributed by atoms with Crippen LogP contribution in [0.1, 0.15) is 32.6 Å². The van der Waals surface area contributed by atoms with Crippen LogP contribution < -0.4 is 5.32 Å². The normalized spacial score (nSPS) is 13.4. The molecule has 1 aliphatic heterocycles. The summed E-state index contributed by atoms with van der Waals surface area (Å²) in [5, 5.41) is 3.48. The number of hydrogen-bond acceptors (Lipinski definition) is 2. The first kappa shape index (κ1) is 26.3. The molecule has 4 nitrogen and oxygen atoms in total. The fraction of sp³-hybridized carbons (Fsp3) is 0.200. The van der Waals surface area contributed by atoms with Crippen LogP contribution in [0.3, 0.4) is 0 Å². The van der Waals surface area contributed by atoms with E-state index in [2.05, 4.69) is 5.32 Å². The second-order valence-electron chi connectivity index (χ2n) is 8.20. The lowest BCUT2D eigenvalue weighted by molar-refractivity contribution is -0.140. The molecule has 0 aromatic heterocycles. The third-order valence-electron chi connectivity index (χ3n) is 5.75. The Morgan fingerprint density at radius 3 is 2.36 bits per heavy atom. The third kappa shape index (κ3) is 5.61. The Bertz CT molecular complexity index is 1340. The number of benzene rings is 3. The van der Waals surface area contributed by atoms with Gasteiger partial charge in [0, 0.05) is 28.7 Å². The molecule has 0 saturated heterocycles. The fourth-order valence-corrected chi connectivity index (χ4v) is 4.84. The molecule has 0 aliphatic carbocycles. The second-order valence-corrected chi connectivity index (χ2v) is 9.48. The quantitative estimate of drug-likeness (QED) is 0.344. The Labute approximate surface area is 218 Å². The number of hydrogen-bond donors (Lipinski definition) is 1. The first-order chi connectivity index (χ1) is 16.9. The Kier molecular flexibility index (Phi) is 7.50. The first-order valence-corrected chi connectivity index (χ1v) is 11.8. The highest BCUT2D eigenvalue weighted by Crippen LogP contribution is 2.35. The summed E-state index contributed by atoms with van der Waals surface area (Å²) in [5.41, 5.74) is 0.209. The van der Waals surface area contributed by atoms with Crippen molar-refractivity contribution >= 4 is 52.3 Å². The molecule has 1 heterocycles. The van der Waals surface area contributed by atoms with Crippen molar-refractivity contribution in [2.45, 2.75) is 25.6 Å². The van der Waals surface area contributed by atoms with E-state index in [1.165, 1.54) is 18.2 Å². The van der Waals surface area contributed by atoms with Gasteiger partial charge < -0.3 is 10.2 Å². The Balaban J connectivity index is 1.53. The lowest BCUT2D eigenvalue weighted by Crippen LogP contribution is -2.36. The molecule has 0 radical (unpaired) electrons. The summed E-state index contributed by atoms with van der Waals surface area (Å²) in [7, 11) is 0. The average molecular weight is 560 g/mol. The number of anilines is 1. The summed E-state index contributed by atoms with van der Waals surface area (Å²) in [4.78, 5) is 27.2. The van der Waals surface area contributed by atoms with E-state index in [0.717, 1.165) is 17.7 Å². The maximum atomic E-state index is 14.3. The van der Waals surface area contributed by atoms with Crippen molar-refractivity contribution in [2.75, 3.05) is 11.9 Å². The zero-order valence-corrected chi connectivity index (χ0v) is 20.6. The van der Waals surface area contributed by atoms with Crippen LogP contribution in [0.2, 0.25) is 15.1 Å². The van der Waals surface area contributed by atoms with Crippen LogP contribution in [0.25, 0.3) is 0 Å². The molecule has 36 heavy (non-hydrogen) atoms. The lowest BCUT2D eigenvalue weighted by atomic mass is 9.96. The average Bonchev–Trinajstić information content (AvgIpc) is 2.80. The number of nitrogens with one attached hydrogen (secondary N) is 1. The van der Waals surface area contributed by atoms with E-state index in [-0.39, 0.29) is 28.7 Å². The molecule has 4 rings (SSSR count). The summed E-state index contributed by atoms with van der Waals surface area (Å²) in [6, 6.07) is 10.6. The third-order valence-corrected chi connectivity index (χ3v) is 6.50. The number of amides is 2. The molecule has 1 aliphatic rings. The molecule has 0 atom stereocenters. The van der Waals surface area contributed by atoms with E-state index in [1.807, 2.05) is 0 Å². The Hall–Kier alpha value is -2.81. The number of fused-ring (bicyclic) bond motifs is 1. The highest BCUT2D eigenvalue weighted by Gasteiger charge is 2.35. The summed E-state index contributed by atoms with van der Waals surface area (Å²) in [6.07, 6.45) is -5.14. The van der Waals surface area contributed by atoms with Gasteiger partial charge in [-0.05, 0) is 53.4 Å². The van der Waals surface area contributed by atoms with Gasteiger partial charge in [0.1, 0.15) is 5.82 Å². The van der Waals surface area contributed by atoms with Crippen molar-refractivity contribution in [3.63, 3.8) is 0 Å². The predicted octanol–water partition coefficient (Wildman–Crippen LogP) is 7.18. The maximum absolute atomic E-state index is 14.3. The summed E-state index contributed by atoms with van der Waals surface area (Å²) in [5.74, 6) is -2.49. The number of nitrogens with zero attached hydrogens (tertiary/aromatic N) is 1. The van der Waals surface area contributed by atoms with Crippen LogP contribution in [-0.4, -0.2) is 23.3 Å². The maximum Gasteiger partial charge on any atom is 0.419 e. The van der Waals surface area contributed by atoms with Gasteiger partial charge in [-0.15, -0.1) is 0 Å². The van der Waals surface area contributed by atoms with Gasteiger partial charge in [-0.3, -0.25) is 9.59 Å². The van der Waals surface area contributed by atoms with Crippen molar-refractivity contribution in [2.24, 2.45) is 0 Å². The molecule has 0 saturated carbocycles. The molecule has 0 spiro atoms. The van der Waals surface area contributed by atoms with Crippen molar-refractivity contribution in [3.05, 3.63) is 97.2 Å². The summed E-state index contributed by atoms with van der Waals surface area (Å²) < 4.78 is 53.3. The van der Waals surface area contributed by atoms with Crippen LogP contribution in [0.15, 0.2) is 48.5 Å². The van der Waals surface area contributed by atoms with E-state index >= 15 is 0 Å². The van der Waals surface area contributed by atoms with Gasteiger partial charge in [0.2, 0.25) is 5.91 Å². The van der Waals surface area contributed by atoms with Crippen molar-refractivity contribution in [3.8, 4) is 0 Å². The van der Waals surface area contributed by atoms with Crippen LogP contribution >= 0.6 is 34.8 Å². The van der Waals surface area contributed by atoms with Crippen LogP contribution in [0.4, 0.5) is 23.2 Å². The molecule has 0 fully saturated rings. The molecule has 188 valence electrons. The fourth-order valence-electron chi connectivity index (χ4n) is 4.09. The van der Waals surface area contributed by atoms with Gasteiger partial charge in [-0.2, -0.15) is 13.2 Å². The SMILES string of the molecule is O=C(Cc1cccc(C(F)(F)F)c1F)Nc1c(Cl)ccc2c1CCN(C(=O)c1cc(Cl)cc(Cl)c1)C2. The zero-order chi connectivity index (χ0) is 26.2. The van der Waals surface area contributed by atoms with E-state index in [0.29, 0.717) is 40.2 Å². The van der Waals surface area contributed by atoms with E-state index in [9.17, 15) is 27.2 Å². The van der Waals surface area contributed by atoms with Gasteiger partial charge in [0.25, 0.3) is 5.91 Å². The standard InChI is InChI=1S/C25H17Cl3F4N2O2/c26-16-8-15(9-17(27)11-16)24(36)34-7-6-18-14(12-34)4-5-20(28)23(18)33-21(35)10-13-2-1-3-19(22(13)29)25(30,31)32/h1-5,8-9,11H,6-7,10,12H2,(H,33,35). The van der Waals surface area contributed by atoms with Crippen molar-refractivity contribution in [1.82, 2.24) is 4.90 Å². The van der Waals surface area contributed by atoms with Crippen LogP contribution in [-0.2, 0) is 30.4 Å². The van der Waals surface area contributed by atoms with Crippen molar-refractivity contribution in [1.29, 1.82) is 0 Å². The Morgan fingerprint density at radius 1 is 1.00 bits per heavy atom.